The van der Waals surface area contributed by atoms with Crippen molar-refractivity contribution in [2.24, 2.45) is 5.92 Å². The van der Waals surface area contributed by atoms with Gasteiger partial charge in [0.15, 0.2) is 5.43 Å². The van der Waals surface area contributed by atoms with E-state index >= 15 is 0 Å². The fourth-order valence-corrected chi connectivity index (χ4v) is 4.86. The molecule has 2 aliphatic rings. The van der Waals surface area contributed by atoms with Crippen LogP contribution in [-0.2, 0) is 17.5 Å². The topological polar surface area (TPSA) is 42.3 Å². The van der Waals surface area contributed by atoms with E-state index in [-0.39, 0.29) is 35.3 Å². The summed E-state index contributed by atoms with van der Waals surface area (Å²) >= 11 is 0. The van der Waals surface area contributed by atoms with Crippen LogP contribution in [0.5, 0.6) is 0 Å². The number of pyridine rings is 1. The molecule has 1 aromatic heterocycles. The van der Waals surface area contributed by atoms with Crippen molar-refractivity contribution in [2.45, 2.75) is 64.2 Å². The first-order valence-corrected chi connectivity index (χ1v) is 10.3. The quantitative estimate of drug-likeness (QED) is 0.753. The Kier molecular flexibility index (Phi) is 5.17. The first-order valence-electron chi connectivity index (χ1n) is 10.3. The van der Waals surface area contributed by atoms with Crippen LogP contribution in [0.1, 0.15) is 49.8 Å². The second-order valence-corrected chi connectivity index (χ2v) is 8.33. The lowest BCUT2D eigenvalue weighted by Gasteiger charge is -2.30. The molecule has 2 aromatic rings. The maximum Gasteiger partial charge on any atom is 0.431 e. The van der Waals surface area contributed by atoms with E-state index in [1.165, 1.54) is 4.57 Å². The van der Waals surface area contributed by atoms with Gasteiger partial charge in [-0.05, 0) is 44.7 Å². The minimum absolute atomic E-state index is 0.00565. The molecule has 1 aromatic carbocycles. The summed E-state index contributed by atoms with van der Waals surface area (Å²) in [5.74, 6) is 0.0888. The maximum atomic E-state index is 13.8. The molecular weight excluding hydrogens is 381 g/mol. The Hall–Kier alpha value is -2.31. The number of hydrogen-bond acceptors (Lipinski definition) is 2. The van der Waals surface area contributed by atoms with Crippen LogP contribution in [0, 0.1) is 12.8 Å². The molecule has 2 heterocycles. The SMILES string of the molecule is Cc1ccc2c(c1)c(=O)cc(C(F)(F)F)n2C[C@H]1CCCN1C(=O)C1CCCC1. The van der Waals surface area contributed by atoms with Crippen molar-refractivity contribution in [3.8, 4) is 0 Å². The Morgan fingerprint density at radius 3 is 2.52 bits per heavy atom. The van der Waals surface area contributed by atoms with Crippen molar-refractivity contribution in [3.63, 3.8) is 0 Å². The summed E-state index contributed by atoms with van der Waals surface area (Å²) in [5.41, 5.74) is -0.480. The monoisotopic (exact) mass is 406 g/mol. The van der Waals surface area contributed by atoms with Gasteiger partial charge in [-0.2, -0.15) is 13.2 Å². The van der Waals surface area contributed by atoms with Crippen molar-refractivity contribution in [3.05, 3.63) is 45.7 Å². The molecule has 1 saturated heterocycles. The van der Waals surface area contributed by atoms with Crippen molar-refractivity contribution in [1.29, 1.82) is 0 Å². The van der Waals surface area contributed by atoms with Gasteiger partial charge in [-0.1, -0.05) is 24.5 Å². The summed E-state index contributed by atoms with van der Waals surface area (Å²) in [5, 5.41) is 0.282. The highest BCUT2D eigenvalue weighted by molar-refractivity contribution is 5.81. The number of rotatable bonds is 3. The number of benzene rings is 1. The van der Waals surface area contributed by atoms with Gasteiger partial charge in [-0.15, -0.1) is 0 Å². The summed E-state index contributed by atoms with van der Waals surface area (Å²) < 4.78 is 42.5. The number of aromatic nitrogens is 1. The lowest BCUT2D eigenvalue weighted by molar-refractivity contribution is -0.144. The first kappa shape index (κ1) is 20.0. The van der Waals surface area contributed by atoms with E-state index in [2.05, 4.69) is 0 Å². The molecule has 7 heteroatoms. The Bertz CT molecular complexity index is 990. The predicted octanol–water partition coefficient (Wildman–Crippen LogP) is 4.51. The summed E-state index contributed by atoms with van der Waals surface area (Å²) in [6, 6.07) is 5.34. The molecule has 1 saturated carbocycles. The summed E-state index contributed by atoms with van der Waals surface area (Å²) in [7, 11) is 0. The first-order chi connectivity index (χ1) is 13.8. The molecule has 0 N–H and O–H groups in total. The molecule has 2 fully saturated rings. The normalized spacial score (nSPS) is 20.7. The fraction of sp³-hybridized carbons (Fsp3) is 0.545. The molecule has 0 unspecified atom stereocenters. The van der Waals surface area contributed by atoms with Crippen LogP contribution in [-0.4, -0.2) is 28.0 Å². The van der Waals surface area contributed by atoms with E-state index in [1.807, 2.05) is 0 Å². The van der Waals surface area contributed by atoms with E-state index in [0.29, 0.717) is 19.0 Å². The molecule has 156 valence electrons. The van der Waals surface area contributed by atoms with E-state index in [1.54, 1.807) is 30.0 Å². The van der Waals surface area contributed by atoms with Gasteiger partial charge in [0.1, 0.15) is 5.69 Å². The number of fused-ring (bicyclic) bond motifs is 1. The van der Waals surface area contributed by atoms with Crippen LogP contribution in [0.25, 0.3) is 10.9 Å². The molecular formula is C22H25F3N2O2. The Morgan fingerprint density at radius 1 is 1.10 bits per heavy atom. The zero-order valence-electron chi connectivity index (χ0n) is 16.5. The van der Waals surface area contributed by atoms with Gasteiger partial charge in [0.25, 0.3) is 0 Å². The summed E-state index contributed by atoms with van der Waals surface area (Å²) in [4.78, 5) is 27.1. The van der Waals surface area contributed by atoms with Crippen LogP contribution >= 0.6 is 0 Å². The maximum absolute atomic E-state index is 13.8. The van der Waals surface area contributed by atoms with E-state index in [9.17, 15) is 22.8 Å². The van der Waals surface area contributed by atoms with Crippen LogP contribution in [0.15, 0.2) is 29.1 Å². The lowest BCUT2D eigenvalue weighted by Crippen LogP contribution is -2.41. The standard InChI is InChI=1S/C22H25F3N2O2/c1-14-8-9-18-17(11-14)19(28)12-20(22(23,24)25)27(18)13-16-7-4-10-26(16)21(29)15-5-2-3-6-15/h8-9,11-12,15-16H,2-7,10,13H2,1H3/t16-/m1/s1. The second-order valence-electron chi connectivity index (χ2n) is 8.33. The van der Waals surface area contributed by atoms with E-state index in [4.69, 9.17) is 0 Å². The number of carbonyl (C=O) groups is 1. The average Bonchev–Trinajstić information content (AvgIpc) is 3.34. The third-order valence-corrected chi connectivity index (χ3v) is 6.32. The molecule has 1 aliphatic heterocycles. The zero-order chi connectivity index (χ0) is 20.8. The minimum atomic E-state index is -4.64. The highest BCUT2D eigenvalue weighted by Gasteiger charge is 2.38. The third-order valence-electron chi connectivity index (χ3n) is 6.32. The largest absolute Gasteiger partial charge is 0.431 e. The molecule has 4 rings (SSSR count). The minimum Gasteiger partial charge on any atom is -0.338 e. The van der Waals surface area contributed by atoms with E-state index < -0.39 is 17.3 Å². The van der Waals surface area contributed by atoms with Crippen molar-refractivity contribution in [2.75, 3.05) is 6.54 Å². The molecule has 1 amide bonds. The summed E-state index contributed by atoms with van der Waals surface area (Å²) in [6.45, 7) is 2.45. The highest BCUT2D eigenvalue weighted by atomic mass is 19.4. The van der Waals surface area contributed by atoms with Gasteiger partial charge in [-0.3, -0.25) is 9.59 Å². The number of amides is 1. The Morgan fingerprint density at radius 2 is 1.83 bits per heavy atom. The van der Waals surface area contributed by atoms with Gasteiger partial charge >= 0.3 is 6.18 Å². The number of halogens is 3. The molecule has 1 atom stereocenters. The zero-order valence-corrected chi connectivity index (χ0v) is 16.5. The molecule has 29 heavy (non-hydrogen) atoms. The Balaban J connectivity index is 1.75. The van der Waals surface area contributed by atoms with Crippen molar-refractivity contribution >= 4 is 16.8 Å². The summed E-state index contributed by atoms with van der Waals surface area (Å²) in [6.07, 6.45) is 0.647. The second kappa shape index (κ2) is 7.50. The Labute approximate surface area is 167 Å². The van der Waals surface area contributed by atoms with Crippen LogP contribution in [0.2, 0.25) is 0 Å². The number of nitrogens with zero attached hydrogens (tertiary/aromatic N) is 2. The van der Waals surface area contributed by atoms with Crippen LogP contribution in [0.3, 0.4) is 0 Å². The smallest absolute Gasteiger partial charge is 0.338 e. The molecule has 0 radical (unpaired) electrons. The predicted molar refractivity (Wildman–Crippen MR) is 105 cm³/mol. The third kappa shape index (κ3) is 3.79. The van der Waals surface area contributed by atoms with E-state index in [0.717, 1.165) is 37.7 Å². The van der Waals surface area contributed by atoms with Crippen LogP contribution in [0.4, 0.5) is 13.2 Å². The molecule has 4 nitrogen and oxygen atoms in total. The number of carbonyl (C=O) groups excluding carboxylic acids is 1. The average molecular weight is 406 g/mol. The molecule has 0 bridgehead atoms. The number of hydrogen-bond donors (Lipinski definition) is 0. The lowest BCUT2D eigenvalue weighted by atomic mass is 10.1. The van der Waals surface area contributed by atoms with Crippen molar-refractivity contribution in [1.82, 2.24) is 9.47 Å². The van der Waals surface area contributed by atoms with Gasteiger partial charge < -0.3 is 9.47 Å². The van der Waals surface area contributed by atoms with Gasteiger partial charge in [0.05, 0.1) is 5.52 Å². The van der Waals surface area contributed by atoms with Gasteiger partial charge in [0.2, 0.25) is 5.91 Å². The number of alkyl halides is 3. The van der Waals surface area contributed by atoms with Crippen LogP contribution < -0.4 is 5.43 Å². The molecule has 0 spiro atoms. The van der Waals surface area contributed by atoms with Gasteiger partial charge in [0, 0.05) is 36.5 Å². The van der Waals surface area contributed by atoms with Crippen molar-refractivity contribution < 1.29 is 18.0 Å². The fourth-order valence-electron chi connectivity index (χ4n) is 4.86. The molecule has 1 aliphatic carbocycles. The number of likely N-dealkylation sites (tertiary alicyclic amines) is 1. The van der Waals surface area contributed by atoms with Gasteiger partial charge in [-0.25, -0.2) is 0 Å². The number of aryl methyl sites for hydroxylation is 1. The highest BCUT2D eigenvalue weighted by Crippen LogP contribution is 2.34.